The fraction of sp³-hybridized carbons (Fsp3) is 0.389. The van der Waals surface area contributed by atoms with E-state index in [1.54, 1.807) is 11.8 Å². The Morgan fingerprint density at radius 1 is 1.48 bits per heavy atom. The first-order chi connectivity index (χ1) is 13.2. The zero-order valence-electron chi connectivity index (χ0n) is 14.8. The van der Waals surface area contributed by atoms with Crippen molar-refractivity contribution in [3.05, 3.63) is 41.2 Å². The summed E-state index contributed by atoms with van der Waals surface area (Å²) in [7, 11) is 0. The number of nitrogens with zero attached hydrogens (tertiary/aromatic N) is 2. The molecule has 1 aliphatic rings. The molecule has 1 aromatic heterocycles. The normalized spacial score (nSPS) is 17.1. The number of amides is 1. The highest BCUT2D eigenvalue weighted by Crippen LogP contribution is 2.21. The molecule has 1 amide bonds. The molecule has 9 heteroatoms. The summed E-state index contributed by atoms with van der Waals surface area (Å²) in [5.41, 5.74) is 0.730. The van der Waals surface area contributed by atoms with Crippen LogP contribution < -0.4 is 5.32 Å². The number of thioether (sulfide) groups is 1. The molecule has 0 spiro atoms. The van der Waals surface area contributed by atoms with Gasteiger partial charge in [0, 0.05) is 16.9 Å². The van der Waals surface area contributed by atoms with E-state index in [-0.39, 0.29) is 16.9 Å². The maximum atomic E-state index is 13.1. The molecule has 2 aromatic rings. The van der Waals surface area contributed by atoms with Crippen LogP contribution in [0.2, 0.25) is 0 Å². The third kappa shape index (κ3) is 5.75. The minimum atomic E-state index is -0.503. The number of nitrogens with one attached hydrogen (secondary N) is 1. The van der Waals surface area contributed by atoms with Gasteiger partial charge in [0.25, 0.3) is 5.91 Å². The summed E-state index contributed by atoms with van der Waals surface area (Å²) >= 11 is 2.50. The van der Waals surface area contributed by atoms with E-state index < -0.39 is 11.0 Å². The molecule has 1 atom stereocenters. The van der Waals surface area contributed by atoms with Crippen molar-refractivity contribution in [1.29, 1.82) is 0 Å². The highest BCUT2D eigenvalue weighted by Gasteiger charge is 2.21. The first-order valence-corrected chi connectivity index (χ1v) is 10.4. The number of carbonyl (C=O) groups excluding carboxylic acids is 1. The lowest BCUT2D eigenvalue weighted by Gasteiger charge is -2.10. The van der Waals surface area contributed by atoms with Gasteiger partial charge in [-0.25, -0.2) is 4.98 Å². The van der Waals surface area contributed by atoms with Crippen molar-refractivity contribution in [1.82, 2.24) is 4.98 Å². The molecule has 0 aliphatic carbocycles. The van der Waals surface area contributed by atoms with Crippen LogP contribution >= 0.6 is 23.1 Å². The predicted octanol–water partition coefficient (Wildman–Crippen LogP) is 3.93. The lowest BCUT2D eigenvalue weighted by molar-refractivity contribution is -0.110. The molecular weight excluding hydrogens is 389 g/mol. The molecule has 0 bridgehead atoms. The van der Waals surface area contributed by atoms with Gasteiger partial charge in [-0.2, -0.15) is 4.39 Å². The number of halogens is 1. The molecule has 1 fully saturated rings. The van der Waals surface area contributed by atoms with E-state index in [4.69, 9.17) is 9.57 Å². The van der Waals surface area contributed by atoms with Crippen molar-refractivity contribution < 1.29 is 18.8 Å². The average Bonchev–Trinajstić information content (AvgIpc) is 3.33. The monoisotopic (exact) mass is 409 g/mol. The molecule has 1 aromatic carbocycles. The Morgan fingerprint density at radius 3 is 2.93 bits per heavy atom. The van der Waals surface area contributed by atoms with Gasteiger partial charge in [0.15, 0.2) is 22.1 Å². The lowest BCUT2D eigenvalue weighted by Crippen LogP contribution is -2.25. The van der Waals surface area contributed by atoms with E-state index in [0.717, 1.165) is 41.0 Å². The smallest absolute Gasteiger partial charge is 0.280 e. The summed E-state index contributed by atoms with van der Waals surface area (Å²) in [6.45, 7) is 3.19. The molecule has 27 heavy (non-hydrogen) atoms. The second-order valence-electron chi connectivity index (χ2n) is 5.83. The second-order valence-corrected chi connectivity index (χ2v) is 7.98. The van der Waals surface area contributed by atoms with E-state index in [1.807, 2.05) is 24.3 Å². The number of anilines is 1. The highest BCUT2D eigenvalue weighted by atomic mass is 32.2. The third-order valence-electron chi connectivity index (χ3n) is 3.69. The fourth-order valence-electron chi connectivity index (χ4n) is 2.35. The Kier molecular flexibility index (Phi) is 7.19. The fourth-order valence-corrected chi connectivity index (χ4v) is 3.65. The van der Waals surface area contributed by atoms with E-state index in [0.29, 0.717) is 18.8 Å². The van der Waals surface area contributed by atoms with Crippen molar-refractivity contribution >= 4 is 39.8 Å². The molecule has 1 aliphatic heterocycles. The van der Waals surface area contributed by atoms with Gasteiger partial charge in [0.05, 0.1) is 19.4 Å². The van der Waals surface area contributed by atoms with E-state index in [9.17, 15) is 9.18 Å². The molecule has 6 nitrogen and oxygen atoms in total. The molecule has 0 saturated carbocycles. The van der Waals surface area contributed by atoms with E-state index in [1.165, 1.54) is 0 Å². The van der Waals surface area contributed by atoms with Crippen LogP contribution in [0.3, 0.4) is 0 Å². The molecule has 0 unspecified atom stereocenters. The van der Waals surface area contributed by atoms with Crippen molar-refractivity contribution in [3.8, 4) is 0 Å². The van der Waals surface area contributed by atoms with Crippen LogP contribution in [-0.2, 0) is 14.4 Å². The Bertz CT molecular complexity index is 789. The zero-order valence-corrected chi connectivity index (χ0v) is 16.4. The average molecular weight is 410 g/mol. The molecular formula is C18H20FN3O3S2. The van der Waals surface area contributed by atoms with Crippen molar-refractivity contribution in [2.45, 2.75) is 30.8 Å². The van der Waals surface area contributed by atoms with Crippen LogP contribution in [0.15, 0.2) is 40.5 Å². The number of hydrogen-bond acceptors (Lipinski definition) is 7. The van der Waals surface area contributed by atoms with Gasteiger partial charge in [0.1, 0.15) is 0 Å². The van der Waals surface area contributed by atoms with E-state index >= 15 is 0 Å². The standard InChI is InChI=1S/C18H20FN3O3S2/c1-2-9-26-14-5-3-12(4-6-14)16(22-25-13-7-8-24-11-13)17(23)21-18-20-10-15(19)27-18/h3-6,10,13H,2,7-9,11H2,1H3,(H,20,21,23)/b22-16+/t13-/m1/s1. The van der Waals surface area contributed by atoms with Crippen LogP contribution in [0.4, 0.5) is 9.52 Å². The Hall–Kier alpha value is -1.97. The van der Waals surface area contributed by atoms with Gasteiger partial charge in [0.2, 0.25) is 0 Å². The number of thiazole rings is 1. The van der Waals surface area contributed by atoms with Gasteiger partial charge in [-0.3, -0.25) is 10.1 Å². The van der Waals surface area contributed by atoms with Gasteiger partial charge < -0.3 is 9.57 Å². The van der Waals surface area contributed by atoms with E-state index in [2.05, 4.69) is 22.4 Å². The van der Waals surface area contributed by atoms with Gasteiger partial charge in [-0.15, -0.1) is 11.8 Å². The number of benzene rings is 1. The zero-order chi connectivity index (χ0) is 19.1. The highest BCUT2D eigenvalue weighted by molar-refractivity contribution is 7.99. The molecule has 1 saturated heterocycles. The number of aromatic nitrogens is 1. The third-order valence-corrected chi connectivity index (χ3v) is 5.61. The maximum Gasteiger partial charge on any atom is 0.280 e. The predicted molar refractivity (Wildman–Crippen MR) is 105 cm³/mol. The Balaban J connectivity index is 1.77. The number of rotatable bonds is 8. The minimum Gasteiger partial charge on any atom is -0.389 e. The first-order valence-electron chi connectivity index (χ1n) is 8.63. The van der Waals surface area contributed by atoms with Gasteiger partial charge >= 0.3 is 0 Å². The van der Waals surface area contributed by atoms with Crippen molar-refractivity contribution in [2.75, 3.05) is 24.3 Å². The SMILES string of the molecule is CCCSc1ccc(/C(=N\O[C@@H]2CCOC2)C(=O)Nc2ncc(F)s2)cc1. The van der Waals surface area contributed by atoms with Gasteiger partial charge in [-0.05, 0) is 24.3 Å². The topological polar surface area (TPSA) is 72.8 Å². The summed E-state index contributed by atoms with van der Waals surface area (Å²) in [6.07, 6.45) is 2.69. The maximum absolute atomic E-state index is 13.1. The second kappa shape index (κ2) is 9.82. The summed E-state index contributed by atoms with van der Waals surface area (Å²) in [4.78, 5) is 23.1. The number of ether oxygens (including phenoxy) is 1. The number of carbonyl (C=O) groups is 1. The molecule has 0 radical (unpaired) electrons. The molecule has 3 rings (SSSR count). The Morgan fingerprint density at radius 2 is 2.30 bits per heavy atom. The van der Waals surface area contributed by atoms with Crippen molar-refractivity contribution in [3.63, 3.8) is 0 Å². The molecule has 2 heterocycles. The minimum absolute atomic E-state index is 0.115. The summed E-state index contributed by atoms with van der Waals surface area (Å²) in [6, 6.07) is 7.54. The summed E-state index contributed by atoms with van der Waals surface area (Å²) in [5, 5.41) is 6.34. The first kappa shape index (κ1) is 19.8. The summed E-state index contributed by atoms with van der Waals surface area (Å²) in [5.74, 6) is 0.526. The van der Waals surface area contributed by atoms with Crippen LogP contribution in [0.5, 0.6) is 0 Å². The summed E-state index contributed by atoms with van der Waals surface area (Å²) < 4.78 is 18.4. The lowest BCUT2D eigenvalue weighted by atomic mass is 10.1. The van der Waals surface area contributed by atoms with Crippen LogP contribution in [0.1, 0.15) is 25.3 Å². The largest absolute Gasteiger partial charge is 0.389 e. The quantitative estimate of drug-likeness (QED) is 0.406. The van der Waals surface area contributed by atoms with Gasteiger partial charge in [-0.1, -0.05) is 35.5 Å². The number of oxime groups is 1. The van der Waals surface area contributed by atoms with Crippen LogP contribution in [0, 0.1) is 5.13 Å². The van der Waals surface area contributed by atoms with Crippen LogP contribution in [-0.4, -0.2) is 41.7 Å². The number of hydrogen-bond donors (Lipinski definition) is 1. The van der Waals surface area contributed by atoms with Crippen molar-refractivity contribution in [2.24, 2.45) is 5.16 Å². The molecule has 144 valence electrons. The Labute approximate surface area is 165 Å². The van der Waals surface area contributed by atoms with Crippen LogP contribution in [0.25, 0.3) is 0 Å². The molecule has 1 N–H and O–H groups in total.